The van der Waals surface area contributed by atoms with Gasteiger partial charge >= 0.3 is 12.4 Å². The first-order valence-corrected chi connectivity index (χ1v) is 15.9. The van der Waals surface area contributed by atoms with Crippen molar-refractivity contribution >= 4 is 11.9 Å². The van der Waals surface area contributed by atoms with E-state index in [1.54, 1.807) is 0 Å². The molecule has 0 radical (unpaired) electrons. The number of hydrogen-bond donors (Lipinski definition) is 1. The fourth-order valence-electron chi connectivity index (χ4n) is 7.01. The first-order valence-electron chi connectivity index (χ1n) is 15.9. The van der Waals surface area contributed by atoms with Crippen LogP contribution in [-0.4, -0.2) is 101 Å². The Kier molecular flexibility index (Phi) is 10.2. The van der Waals surface area contributed by atoms with Crippen LogP contribution in [0.4, 0.5) is 26.3 Å². The maximum Gasteiger partial charge on any atom is 0.416 e. The molecule has 3 saturated heterocycles. The van der Waals surface area contributed by atoms with Gasteiger partial charge in [-0.05, 0) is 63.3 Å². The van der Waals surface area contributed by atoms with Gasteiger partial charge in [0, 0.05) is 75.5 Å². The predicted molar refractivity (Wildman–Crippen MR) is 164 cm³/mol. The molecule has 3 atom stereocenters. The quantitative estimate of drug-likeness (QED) is 0.259. The van der Waals surface area contributed by atoms with Crippen LogP contribution in [0.1, 0.15) is 60.2 Å². The van der Waals surface area contributed by atoms with Crippen molar-refractivity contribution in [2.75, 3.05) is 45.8 Å². The lowest BCUT2D eigenvalue weighted by atomic mass is 9.90. The van der Waals surface area contributed by atoms with Gasteiger partial charge in [-0.2, -0.15) is 26.3 Å². The molecule has 46 heavy (non-hydrogen) atoms. The highest BCUT2D eigenvalue weighted by Gasteiger charge is 2.41. The van der Waals surface area contributed by atoms with Gasteiger partial charge in [-0.1, -0.05) is 30.3 Å². The van der Waals surface area contributed by atoms with Gasteiger partial charge in [-0.15, -0.1) is 0 Å². The highest BCUT2D eigenvalue weighted by molar-refractivity contribution is 5.95. The lowest BCUT2D eigenvalue weighted by molar-refractivity contribution is -0.143. The molecule has 3 heterocycles. The number of likely N-dealkylation sites (tertiary alicyclic amines) is 2. The maximum atomic E-state index is 13.7. The molecule has 5 rings (SSSR count). The Morgan fingerprint density at radius 3 is 1.98 bits per heavy atom. The number of rotatable bonds is 6. The molecular formula is C33H42F6N6O. The van der Waals surface area contributed by atoms with Gasteiger partial charge in [-0.3, -0.25) is 19.6 Å². The number of aliphatic imine (C=N–C) groups is 1. The van der Waals surface area contributed by atoms with Gasteiger partial charge in [0.2, 0.25) is 0 Å². The van der Waals surface area contributed by atoms with E-state index in [0.717, 1.165) is 51.3 Å². The van der Waals surface area contributed by atoms with Gasteiger partial charge in [0.1, 0.15) is 0 Å². The summed E-state index contributed by atoms with van der Waals surface area (Å²) < 4.78 is 81.4. The molecule has 252 valence electrons. The fourth-order valence-corrected chi connectivity index (χ4v) is 7.01. The Morgan fingerprint density at radius 1 is 0.848 bits per heavy atom. The number of alkyl halides is 6. The Bertz CT molecular complexity index is 1340. The van der Waals surface area contributed by atoms with Gasteiger partial charge in [0.05, 0.1) is 11.1 Å². The van der Waals surface area contributed by atoms with Crippen LogP contribution in [0, 0.1) is 0 Å². The Hall–Kier alpha value is -3.32. The fraction of sp³-hybridized carbons (Fsp3) is 0.576. The third-order valence-corrected chi connectivity index (χ3v) is 9.36. The number of carbonyl (C=O) groups excluding carboxylic acids is 1. The maximum absolute atomic E-state index is 13.7. The summed E-state index contributed by atoms with van der Waals surface area (Å²) in [5.74, 6) is -0.228. The van der Waals surface area contributed by atoms with Gasteiger partial charge in [0.25, 0.3) is 5.91 Å². The Labute approximate surface area is 266 Å². The minimum atomic E-state index is -5.03. The van der Waals surface area contributed by atoms with Gasteiger partial charge in [0.15, 0.2) is 5.96 Å². The van der Waals surface area contributed by atoms with Crippen molar-refractivity contribution in [2.45, 2.75) is 76.1 Å². The zero-order valence-electron chi connectivity index (χ0n) is 26.2. The van der Waals surface area contributed by atoms with E-state index in [1.165, 1.54) is 4.90 Å². The third kappa shape index (κ3) is 8.14. The normalized spacial score (nSPS) is 24.2. The molecular weight excluding hydrogens is 610 g/mol. The van der Waals surface area contributed by atoms with Crippen molar-refractivity contribution in [2.24, 2.45) is 10.7 Å². The average Bonchev–Trinajstić information content (AvgIpc) is 3.51. The smallest absolute Gasteiger partial charge is 0.370 e. The molecule has 2 aromatic carbocycles. The van der Waals surface area contributed by atoms with Crippen molar-refractivity contribution in [3.8, 4) is 0 Å². The molecule has 2 N–H and O–H groups in total. The summed E-state index contributed by atoms with van der Waals surface area (Å²) in [6.45, 7) is 9.39. The summed E-state index contributed by atoms with van der Waals surface area (Å²) in [7, 11) is 0. The zero-order chi connectivity index (χ0) is 33.2. The minimum absolute atomic E-state index is 0.0570. The van der Waals surface area contributed by atoms with Crippen LogP contribution in [0.15, 0.2) is 53.5 Å². The van der Waals surface area contributed by atoms with Crippen LogP contribution in [-0.2, 0) is 18.8 Å². The van der Waals surface area contributed by atoms with Crippen LogP contribution >= 0.6 is 0 Å². The summed E-state index contributed by atoms with van der Waals surface area (Å²) in [6.07, 6.45) is -7.43. The van der Waals surface area contributed by atoms with E-state index in [9.17, 15) is 31.1 Å². The van der Waals surface area contributed by atoms with Crippen LogP contribution in [0.2, 0.25) is 0 Å². The van der Waals surface area contributed by atoms with E-state index in [0.29, 0.717) is 43.4 Å². The monoisotopic (exact) mass is 652 g/mol. The summed E-state index contributed by atoms with van der Waals surface area (Å²) in [5.41, 5.74) is 3.57. The number of nitrogens with two attached hydrogens (primary N) is 1. The molecule has 3 aliphatic heterocycles. The van der Waals surface area contributed by atoms with Crippen molar-refractivity contribution in [3.05, 3.63) is 70.8 Å². The SMILES string of the molecule is CC(C)N=C(N)N1CCC(N2CCN(C3CCN(C(=O)c4cc(C(F)(F)F)cc(C(F)(F)F)c4)C(Cc4ccccc4)C3)CC2)C1. The number of carbonyl (C=O) groups is 1. The summed E-state index contributed by atoms with van der Waals surface area (Å²) >= 11 is 0. The molecule has 13 heteroatoms. The summed E-state index contributed by atoms with van der Waals surface area (Å²) in [6, 6.07) is 10.9. The molecule has 2 aromatic rings. The van der Waals surface area contributed by atoms with E-state index < -0.39 is 35.0 Å². The second kappa shape index (κ2) is 13.8. The second-order valence-corrected chi connectivity index (χ2v) is 12.9. The average molecular weight is 653 g/mol. The van der Waals surface area contributed by atoms with E-state index in [-0.39, 0.29) is 30.7 Å². The van der Waals surface area contributed by atoms with Gasteiger partial charge in [-0.25, -0.2) is 0 Å². The van der Waals surface area contributed by atoms with E-state index in [1.807, 2.05) is 44.2 Å². The lowest BCUT2D eigenvalue weighted by Gasteiger charge is -2.47. The zero-order valence-corrected chi connectivity index (χ0v) is 26.2. The highest BCUT2D eigenvalue weighted by Crippen LogP contribution is 2.37. The number of guanidine groups is 1. The molecule has 0 saturated carbocycles. The largest absolute Gasteiger partial charge is 0.416 e. The van der Waals surface area contributed by atoms with Crippen LogP contribution < -0.4 is 5.73 Å². The van der Waals surface area contributed by atoms with E-state index in [2.05, 4.69) is 19.7 Å². The first-order chi connectivity index (χ1) is 21.7. The van der Waals surface area contributed by atoms with Crippen molar-refractivity contribution in [1.82, 2.24) is 19.6 Å². The first kappa shape index (κ1) is 34.0. The molecule has 3 fully saturated rings. The molecule has 1 amide bonds. The third-order valence-electron chi connectivity index (χ3n) is 9.36. The minimum Gasteiger partial charge on any atom is -0.370 e. The summed E-state index contributed by atoms with van der Waals surface area (Å²) in [5, 5.41) is 0. The second-order valence-electron chi connectivity index (χ2n) is 12.9. The number of hydrogen-bond acceptors (Lipinski definition) is 4. The number of halogens is 6. The number of benzene rings is 2. The van der Waals surface area contributed by atoms with Crippen LogP contribution in [0.5, 0.6) is 0 Å². The number of piperidine rings is 1. The molecule has 0 bridgehead atoms. The summed E-state index contributed by atoms with van der Waals surface area (Å²) in [4.78, 5) is 26.7. The van der Waals surface area contributed by atoms with Crippen LogP contribution in [0.25, 0.3) is 0 Å². The topological polar surface area (TPSA) is 68.4 Å². The lowest BCUT2D eigenvalue weighted by Crippen LogP contribution is -2.58. The van der Waals surface area contributed by atoms with Gasteiger partial charge < -0.3 is 15.5 Å². The molecule has 0 spiro atoms. The number of nitrogens with zero attached hydrogens (tertiary/aromatic N) is 5. The highest BCUT2D eigenvalue weighted by atomic mass is 19.4. The number of piperazine rings is 1. The number of amides is 1. The predicted octanol–water partition coefficient (Wildman–Crippen LogP) is 5.36. The molecule has 3 aliphatic rings. The molecule has 0 aliphatic carbocycles. The standard InChI is InChI=1S/C33H42F6N6O/c1-22(2)41-31(40)44-10-8-28(21-44)43-14-12-42(13-15-43)27-9-11-45(29(20-27)16-23-6-4-3-5-7-23)30(46)24-17-25(32(34,35)36)19-26(18-24)33(37,38)39/h3-7,17-19,22,27-29H,8-16,20-21H2,1-2H3,(H2,40,41). The van der Waals surface area contributed by atoms with Crippen LogP contribution in [0.3, 0.4) is 0 Å². The van der Waals surface area contributed by atoms with Crippen molar-refractivity contribution < 1.29 is 31.1 Å². The molecule has 7 nitrogen and oxygen atoms in total. The Balaban J connectivity index is 1.29. The van der Waals surface area contributed by atoms with E-state index >= 15 is 0 Å². The van der Waals surface area contributed by atoms with Crippen molar-refractivity contribution in [1.29, 1.82) is 0 Å². The molecule has 0 aromatic heterocycles. The Morgan fingerprint density at radius 2 is 1.41 bits per heavy atom. The van der Waals surface area contributed by atoms with E-state index in [4.69, 9.17) is 5.73 Å². The van der Waals surface area contributed by atoms with Crippen molar-refractivity contribution in [3.63, 3.8) is 0 Å². The molecule has 3 unspecified atom stereocenters.